The summed E-state index contributed by atoms with van der Waals surface area (Å²) in [6.07, 6.45) is 10.6. The van der Waals surface area contributed by atoms with Crippen molar-refractivity contribution in [1.29, 1.82) is 0 Å². The lowest BCUT2D eigenvalue weighted by Crippen LogP contribution is -1.92. The molecule has 0 fully saturated rings. The first-order chi connectivity index (χ1) is 29.7. The lowest BCUT2D eigenvalue weighted by Gasteiger charge is -2.03. The van der Waals surface area contributed by atoms with Crippen LogP contribution in [0.3, 0.4) is 0 Å². The predicted octanol–water partition coefficient (Wildman–Crippen LogP) is 12.4. The van der Waals surface area contributed by atoms with Crippen molar-refractivity contribution in [2.45, 2.75) is 0 Å². The normalized spacial score (nSPS) is 10.7. The van der Waals surface area contributed by atoms with Crippen molar-refractivity contribution in [1.82, 2.24) is 39.9 Å². The van der Waals surface area contributed by atoms with Crippen LogP contribution in [0.2, 0.25) is 0 Å². The number of nitrogens with zero attached hydrogens (tertiary/aromatic N) is 8. The Morgan fingerprint density at radius 1 is 0.350 bits per heavy atom. The summed E-state index contributed by atoms with van der Waals surface area (Å²) in [6, 6.07) is 35.8. The third-order valence-corrected chi connectivity index (χ3v) is 11.6. The second-order valence-electron chi connectivity index (χ2n) is 12.7. The van der Waals surface area contributed by atoms with Crippen LogP contribution in [0.5, 0.6) is 0 Å². The number of rotatable bonds is 12. The molecule has 0 aliphatic heterocycles. The molecule has 8 aromatic heterocycles. The number of hydrogen-bond donors (Lipinski definition) is 4. The first-order valence-corrected chi connectivity index (χ1v) is 21.9. The zero-order valence-electron chi connectivity index (χ0n) is 31.4. The van der Waals surface area contributed by atoms with Gasteiger partial charge in [0.05, 0.1) is 46.5 Å². The van der Waals surface area contributed by atoms with Gasteiger partial charge in [-0.3, -0.25) is 9.97 Å². The minimum atomic E-state index is 0.785. The molecule has 0 spiro atoms. The maximum absolute atomic E-state index is 4.71. The molecule has 0 saturated heterocycles. The number of hydrogen-bond acceptors (Lipinski definition) is 16. The summed E-state index contributed by atoms with van der Waals surface area (Å²) in [5, 5.41) is 24.5. The van der Waals surface area contributed by atoms with Gasteiger partial charge in [-0.1, -0.05) is 54.6 Å². The van der Waals surface area contributed by atoms with E-state index in [1.165, 1.54) is 0 Å². The molecule has 0 aliphatic carbocycles. The zero-order valence-corrected chi connectivity index (χ0v) is 34.6. The molecule has 60 heavy (non-hydrogen) atoms. The standard InChI is InChI=1S/2C22H16N6S2/c1-4-15(19-13-29-21(27-19)25-17-6-2-8-23-11-17)10-16(5-1)20-14-30-22(28-20)26-18-7-3-9-24-12-18;1-3-11-23-19(5-1)27-21-25-17(13-29-21)15-7-9-16(10-8-15)18-14-30-22(26-18)28-20-6-2-4-12-24-20/h1-14H,(H,25,27)(H,26,28);1-14H,(H,23,25,27)(H,24,26,28). The molecule has 10 rings (SSSR count). The predicted molar refractivity (Wildman–Crippen MR) is 247 cm³/mol. The third-order valence-electron chi connectivity index (χ3n) is 8.57. The van der Waals surface area contributed by atoms with E-state index in [1.54, 1.807) is 82.5 Å². The highest BCUT2D eigenvalue weighted by molar-refractivity contribution is 7.15. The Labute approximate surface area is 360 Å². The smallest absolute Gasteiger partial charge is 0.188 e. The second-order valence-corrected chi connectivity index (χ2v) is 16.2. The summed E-state index contributed by atoms with van der Waals surface area (Å²) < 4.78 is 0. The Morgan fingerprint density at radius 3 is 1.15 bits per heavy atom. The molecular weight excluding hydrogens is 825 g/mol. The first-order valence-electron chi connectivity index (χ1n) is 18.4. The van der Waals surface area contributed by atoms with E-state index in [0.717, 1.165) is 88.6 Å². The van der Waals surface area contributed by atoms with Crippen LogP contribution in [0.25, 0.3) is 45.0 Å². The summed E-state index contributed by atoms with van der Waals surface area (Å²) in [7, 11) is 0. The van der Waals surface area contributed by atoms with Gasteiger partial charge in [-0.15, -0.1) is 45.3 Å². The van der Waals surface area contributed by atoms with Crippen LogP contribution in [-0.4, -0.2) is 39.9 Å². The van der Waals surface area contributed by atoms with E-state index in [-0.39, 0.29) is 0 Å². The Hall–Kier alpha value is -7.24. The van der Waals surface area contributed by atoms with Crippen molar-refractivity contribution >= 4 is 88.9 Å². The van der Waals surface area contributed by atoms with Crippen LogP contribution in [0.4, 0.5) is 43.5 Å². The highest BCUT2D eigenvalue weighted by Crippen LogP contribution is 2.33. The van der Waals surface area contributed by atoms with Gasteiger partial charge in [-0.2, -0.15) is 0 Å². The Balaban J connectivity index is 0.000000154. The molecule has 0 saturated carbocycles. The largest absolute Gasteiger partial charge is 0.330 e. The fourth-order valence-electron chi connectivity index (χ4n) is 5.72. The number of benzene rings is 2. The highest BCUT2D eigenvalue weighted by Gasteiger charge is 2.11. The van der Waals surface area contributed by atoms with E-state index in [9.17, 15) is 0 Å². The molecule has 0 unspecified atom stereocenters. The zero-order chi connectivity index (χ0) is 40.4. The summed E-state index contributed by atoms with van der Waals surface area (Å²) >= 11 is 6.25. The fourth-order valence-corrected chi connectivity index (χ4v) is 8.65. The minimum absolute atomic E-state index is 0.785. The van der Waals surface area contributed by atoms with Crippen molar-refractivity contribution in [3.05, 3.63) is 168 Å². The van der Waals surface area contributed by atoms with Gasteiger partial charge in [-0.25, -0.2) is 29.9 Å². The first kappa shape index (κ1) is 38.3. The van der Waals surface area contributed by atoms with Gasteiger partial charge in [0.2, 0.25) is 0 Å². The molecule has 0 bridgehead atoms. The number of anilines is 8. The molecule has 0 radical (unpaired) electrons. The van der Waals surface area contributed by atoms with Crippen LogP contribution < -0.4 is 21.3 Å². The van der Waals surface area contributed by atoms with Crippen LogP contribution in [-0.2, 0) is 0 Å². The molecule has 4 N–H and O–H groups in total. The second kappa shape index (κ2) is 18.6. The Bertz CT molecular complexity index is 2690. The van der Waals surface area contributed by atoms with E-state index in [2.05, 4.69) is 93.6 Å². The van der Waals surface area contributed by atoms with Crippen molar-refractivity contribution in [3.8, 4) is 45.0 Å². The van der Waals surface area contributed by atoms with Crippen molar-refractivity contribution < 1.29 is 0 Å². The average molecular weight is 857 g/mol. The van der Waals surface area contributed by atoms with Gasteiger partial charge in [0.25, 0.3) is 0 Å². The lowest BCUT2D eigenvalue weighted by atomic mass is 10.1. The van der Waals surface area contributed by atoms with Gasteiger partial charge in [0.1, 0.15) is 11.6 Å². The molecule has 12 nitrogen and oxygen atoms in total. The summed E-state index contributed by atoms with van der Waals surface area (Å²) in [4.78, 5) is 35.5. The highest BCUT2D eigenvalue weighted by atomic mass is 32.1. The quantitative estimate of drug-likeness (QED) is 0.0925. The van der Waals surface area contributed by atoms with Crippen LogP contribution in [0, 0.1) is 0 Å². The average Bonchev–Trinajstić information content (AvgIpc) is 4.15. The Morgan fingerprint density at radius 2 is 0.767 bits per heavy atom. The van der Waals surface area contributed by atoms with Crippen molar-refractivity contribution in [3.63, 3.8) is 0 Å². The van der Waals surface area contributed by atoms with E-state index in [0.29, 0.717) is 0 Å². The molecule has 0 amide bonds. The van der Waals surface area contributed by atoms with E-state index >= 15 is 0 Å². The molecule has 0 aliphatic rings. The van der Waals surface area contributed by atoms with Gasteiger partial charge >= 0.3 is 0 Å². The topological polar surface area (TPSA) is 151 Å². The van der Waals surface area contributed by atoms with Gasteiger partial charge in [-0.05, 0) is 54.6 Å². The molecule has 2 aromatic carbocycles. The number of thiazole rings is 4. The molecule has 10 aromatic rings. The van der Waals surface area contributed by atoms with Crippen LogP contribution in [0.15, 0.2) is 168 Å². The van der Waals surface area contributed by atoms with Gasteiger partial charge in [0, 0.05) is 68.6 Å². The summed E-state index contributed by atoms with van der Waals surface area (Å²) in [5.74, 6) is 1.57. The van der Waals surface area contributed by atoms with Crippen molar-refractivity contribution in [2.24, 2.45) is 0 Å². The maximum Gasteiger partial charge on any atom is 0.188 e. The number of nitrogens with one attached hydrogen (secondary N) is 4. The molecular formula is C44H32N12S4. The van der Waals surface area contributed by atoms with Gasteiger partial charge < -0.3 is 21.3 Å². The SMILES string of the molecule is c1ccc(Nc2nc(-c3ccc(-c4csc(Nc5ccccn5)n4)cc3)cs2)nc1.c1cncc(Nc2nc(-c3cccc(-c4csc(Nc5cccnc5)n4)c3)cs2)c1. The number of aromatic nitrogens is 8. The van der Waals surface area contributed by atoms with E-state index < -0.39 is 0 Å². The molecule has 0 atom stereocenters. The summed E-state index contributed by atoms with van der Waals surface area (Å²) in [6.45, 7) is 0. The lowest BCUT2D eigenvalue weighted by molar-refractivity contribution is 1.28. The minimum Gasteiger partial charge on any atom is -0.330 e. The fraction of sp³-hybridized carbons (Fsp3) is 0. The monoisotopic (exact) mass is 856 g/mol. The van der Waals surface area contributed by atoms with Gasteiger partial charge in [0.15, 0.2) is 20.5 Å². The number of pyridine rings is 4. The van der Waals surface area contributed by atoms with E-state index in [4.69, 9.17) is 9.97 Å². The maximum atomic E-state index is 4.71. The third kappa shape index (κ3) is 9.88. The molecule has 8 heterocycles. The summed E-state index contributed by atoms with van der Waals surface area (Å²) in [5.41, 5.74) is 9.79. The van der Waals surface area contributed by atoms with Crippen molar-refractivity contribution in [2.75, 3.05) is 21.3 Å². The molecule has 16 heteroatoms. The van der Waals surface area contributed by atoms with Crippen LogP contribution >= 0.6 is 45.3 Å². The Kier molecular flexibility index (Phi) is 11.8. The molecule has 292 valence electrons. The van der Waals surface area contributed by atoms with E-state index in [1.807, 2.05) is 88.3 Å². The van der Waals surface area contributed by atoms with Crippen LogP contribution in [0.1, 0.15) is 0 Å².